The molecule has 0 aliphatic heterocycles. The molecule has 2 radical (unpaired) electrons. The van der Waals surface area contributed by atoms with Gasteiger partial charge in [0, 0.05) is 6.42 Å². The summed E-state index contributed by atoms with van der Waals surface area (Å²) in [5, 5.41) is 0. The Balaban J connectivity index is 0. The van der Waals surface area contributed by atoms with Crippen LogP contribution in [0.3, 0.4) is 0 Å². The van der Waals surface area contributed by atoms with E-state index >= 15 is 0 Å². The number of rotatable bonds is 27. The van der Waals surface area contributed by atoms with E-state index in [0.717, 1.165) is 12.8 Å². The van der Waals surface area contributed by atoms with Crippen LogP contribution in [0.1, 0.15) is 181 Å². The van der Waals surface area contributed by atoms with Crippen LogP contribution < -0.4 is 0 Å². The second-order valence-electron chi connectivity index (χ2n) is 10.1. The Kier molecular flexibility index (Phi) is 34.6. The van der Waals surface area contributed by atoms with Crippen LogP contribution in [0.2, 0.25) is 0 Å². The Morgan fingerprint density at radius 3 is 1.03 bits per heavy atom. The van der Waals surface area contributed by atoms with Gasteiger partial charge in [-0.2, -0.15) is 0 Å². The molecule has 0 aromatic rings. The number of ether oxygens (including phenoxy) is 1. The van der Waals surface area contributed by atoms with Crippen molar-refractivity contribution in [3.8, 4) is 0 Å². The number of hydrogen-bond donors (Lipinski definition) is 0. The van der Waals surface area contributed by atoms with Gasteiger partial charge in [-0.05, 0) is 12.8 Å². The van der Waals surface area contributed by atoms with Crippen LogP contribution in [-0.4, -0.2) is 36.5 Å². The molecule has 0 aromatic carbocycles. The number of carbonyl (C=O) groups is 1. The molecule has 0 unspecified atom stereocenters. The molecule has 0 amide bonds. The molecule has 3 heteroatoms. The summed E-state index contributed by atoms with van der Waals surface area (Å²) >= 11 is 0. The van der Waals surface area contributed by atoms with E-state index in [-0.39, 0.29) is 29.9 Å². The second kappa shape index (κ2) is 32.3. The zero-order valence-electron chi connectivity index (χ0n) is 23.1. The predicted molar refractivity (Wildman–Crippen MR) is 151 cm³/mol. The number of esters is 1. The fourth-order valence-electron chi connectivity index (χ4n) is 4.49. The Labute approximate surface area is 226 Å². The van der Waals surface area contributed by atoms with Gasteiger partial charge < -0.3 is 4.74 Å². The van der Waals surface area contributed by atoms with Crippen LogP contribution in [0.15, 0.2) is 0 Å². The normalized spacial score (nSPS) is 10.8. The molecule has 0 rings (SSSR count). The molecule has 33 heavy (non-hydrogen) atoms. The van der Waals surface area contributed by atoms with Crippen LogP contribution in [-0.2, 0) is 9.53 Å². The minimum absolute atomic E-state index is 0. The average Bonchev–Trinajstić information content (AvgIpc) is 2.80. The summed E-state index contributed by atoms with van der Waals surface area (Å²) in [6, 6.07) is 0. The molecular formula is C30H62O2Sn. The van der Waals surface area contributed by atoms with E-state index in [9.17, 15) is 4.79 Å². The van der Waals surface area contributed by atoms with Crippen LogP contribution in [0.25, 0.3) is 0 Å². The van der Waals surface area contributed by atoms with Gasteiger partial charge in [0.25, 0.3) is 0 Å². The van der Waals surface area contributed by atoms with E-state index in [1.807, 2.05) is 0 Å². The predicted octanol–water partition coefficient (Wildman–Crippen LogP) is 9.80. The van der Waals surface area contributed by atoms with Crippen LogP contribution in [0.5, 0.6) is 0 Å². The molecule has 2 nitrogen and oxygen atoms in total. The average molecular weight is 574 g/mol. The Hall–Kier alpha value is 0.269. The number of hydrogen-bond acceptors (Lipinski definition) is 2. The van der Waals surface area contributed by atoms with E-state index in [4.69, 9.17) is 4.74 Å². The molecule has 0 heterocycles. The van der Waals surface area contributed by atoms with Crippen molar-refractivity contribution < 1.29 is 9.53 Å². The Morgan fingerprint density at radius 1 is 0.424 bits per heavy atom. The molecule has 0 atom stereocenters. The number of carbonyl (C=O) groups excluding carboxylic acids is 1. The molecule has 0 spiro atoms. The summed E-state index contributed by atoms with van der Waals surface area (Å²) in [4.78, 5) is 11.8. The molecule has 0 fully saturated rings. The van der Waals surface area contributed by atoms with E-state index in [0.29, 0.717) is 13.0 Å². The zero-order valence-corrected chi connectivity index (χ0v) is 27.2. The van der Waals surface area contributed by atoms with Crippen molar-refractivity contribution in [3.63, 3.8) is 0 Å². The number of unbranched alkanes of at least 4 members (excludes halogenated alkanes) is 23. The molecule has 0 aromatic heterocycles. The van der Waals surface area contributed by atoms with Crippen molar-refractivity contribution in [1.82, 2.24) is 0 Å². The van der Waals surface area contributed by atoms with Crippen molar-refractivity contribution >= 4 is 29.9 Å². The molecule has 0 saturated heterocycles. The van der Waals surface area contributed by atoms with E-state index in [1.54, 1.807) is 0 Å². The van der Waals surface area contributed by atoms with E-state index in [2.05, 4.69) is 13.8 Å². The van der Waals surface area contributed by atoms with Gasteiger partial charge in [-0.3, -0.25) is 4.79 Å². The Bertz CT molecular complexity index is 359. The van der Waals surface area contributed by atoms with Crippen molar-refractivity contribution in [1.29, 1.82) is 0 Å². The van der Waals surface area contributed by atoms with Gasteiger partial charge in [0.05, 0.1) is 6.61 Å². The first-order chi connectivity index (χ1) is 15.8. The maximum atomic E-state index is 11.8. The fraction of sp³-hybridized carbons (Fsp3) is 0.967. The van der Waals surface area contributed by atoms with Crippen molar-refractivity contribution in [2.75, 3.05) is 6.61 Å². The van der Waals surface area contributed by atoms with Gasteiger partial charge in [-0.15, -0.1) is 0 Å². The summed E-state index contributed by atoms with van der Waals surface area (Å²) in [7, 11) is 0. The zero-order chi connectivity index (χ0) is 23.4. The quantitative estimate of drug-likeness (QED) is 0.0556. The van der Waals surface area contributed by atoms with Gasteiger partial charge in [-0.25, -0.2) is 0 Å². The summed E-state index contributed by atoms with van der Waals surface area (Å²) < 4.78 is 5.39. The molecule has 0 saturated carbocycles. The third kappa shape index (κ3) is 32.3. The first-order valence-corrected chi connectivity index (χ1v) is 15.0. The monoisotopic (exact) mass is 574 g/mol. The third-order valence-corrected chi connectivity index (χ3v) is 6.75. The van der Waals surface area contributed by atoms with Gasteiger partial charge in [-0.1, -0.05) is 162 Å². The summed E-state index contributed by atoms with van der Waals surface area (Å²) in [6.07, 6.45) is 34.3. The van der Waals surface area contributed by atoms with Gasteiger partial charge in [0.2, 0.25) is 0 Å². The van der Waals surface area contributed by atoms with Crippen molar-refractivity contribution in [2.24, 2.45) is 0 Å². The summed E-state index contributed by atoms with van der Waals surface area (Å²) in [6.45, 7) is 5.19. The molecule has 0 aliphatic rings. The topological polar surface area (TPSA) is 26.3 Å². The summed E-state index contributed by atoms with van der Waals surface area (Å²) in [5.41, 5.74) is 0. The third-order valence-electron chi connectivity index (χ3n) is 6.75. The standard InChI is InChI=1S/C30H60O2.Sn.2H/c1-3-5-7-9-11-13-14-15-16-17-18-19-21-23-25-27-29-32-30(31)28-26-24-22-20-12-10-8-6-4-2;;;/h3-29H2,1-2H3;;;. The van der Waals surface area contributed by atoms with Crippen LogP contribution in [0, 0.1) is 0 Å². The van der Waals surface area contributed by atoms with Gasteiger partial charge >= 0.3 is 29.9 Å². The maximum absolute atomic E-state index is 11.8. The Morgan fingerprint density at radius 2 is 0.697 bits per heavy atom. The minimum atomic E-state index is 0. The molecule has 0 bridgehead atoms. The van der Waals surface area contributed by atoms with Gasteiger partial charge in [0.1, 0.15) is 0 Å². The van der Waals surface area contributed by atoms with E-state index in [1.165, 1.54) is 148 Å². The van der Waals surface area contributed by atoms with Crippen molar-refractivity contribution in [2.45, 2.75) is 181 Å². The van der Waals surface area contributed by atoms with Crippen LogP contribution >= 0.6 is 0 Å². The SMILES string of the molecule is CCCCCCCCCCCCCCCCCCOC(=O)CCCCCCCCCCC.[SnH2]. The molecule has 0 aliphatic carbocycles. The van der Waals surface area contributed by atoms with Crippen molar-refractivity contribution in [3.05, 3.63) is 0 Å². The first kappa shape index (κ1) is 35.4. The van der Waals surface area contributed by atoms with E-state index < -0.39 is 0 Å². The fourth-order valence-corrected chi connectivity index (χ4v) is 4.49. The molecule has 0 N–H and O–H groups in total. The molecule has 198 valence electrons. The second-order valence-corrected chi connectivity index (χ2v) is 10.1. The first-order valence-electron chi connectivity index (χ1n) is 15.0. The summed E-state index contributed by atoms with van der Waals surface area (Å²) in [5.74, 6) is 0.0221. The molecular weight excluding hydrogens is 511 g/mol. The van der Waals surface area contributed by atoms with Crippen LogP contribution in [0.4, 0.5) is 0 Å². The van der Waals surface area contributed by atoms with Gasteiger partial charge in [0.15, 0.2) is 0 Å².